The van der Waals surface area contributed by atoms with E-state index in [1.54, 1.807) is 50.2 Å². The second-order valence-electron chi connectivity index (χ2n) is 6.06. The third-order valence-corrected chi connectivity index (χ3v) is 6.46. The van der Waals surface area contributed by atoms with Crippen LogP contribution in [0.25, 0.3) is 10.2 Å². The van der Waals surface area contributed by atoms with E-state index in [2.05, 4.69) is 4.40 Å². The number of rotatable bonds is 7. The first kappa shape index (κ1) is 21.7. The first-order chi connectivity index (χ1) is 14.4. The van der Waals surface area contributed by atoms with Crippen LogP contribution in [0.3, 0.4) is 0 Å². The number of hydrogen-bond acceptors (Lipinski definition) is 7. The fraction of sp³-hybridized carbons (Fsp3) is 0.250. The zero-order chi connectivity index (χ0) is 21.7. The van der Waals surface area contributed by atoms with Crippen LogP contribution in [0.2, 0.25) is 0 Å². The van der Waals surface area contributed by atoms with Crippen LogP contribution in [0.15, 0.2) is 57.8 Å². The molecule has 1 aromatic heterocycles. The largest absolute Gasteiger partial charge is 0.465 e. The highest BCUT2D eigenvalue weighted by Crippen LogP contribution is 2.21. The van der Waals surface area contributed by atoms with Gasteiger partial charge in [-0.1, -0.05) is 29.5 Å². The van der Waals surface area contributed by atoms with Crippen molar-refractivity contribution in [1.29, 1.82) is 0 Å². The van der Waals surface area contributed by atoms with Crippen molar-refractivity contribution in [3.05, 3.63) is 58.9 Å². The van der Waals surface area contributed by atoms with Crippen LogP contribution in [0, 0.1) is 0 Å². The lowest BCUT2D eigenvalue weighted by molar-refractivity contribution is -0.143. The van der Waals surface area contributed by atoms with Gasteiger partial charge in [0, 0.05) is 0 Å². The summed E-state index contributed by atoms with van der Waals surface area (Å²) in [5.41, 5.74) is 0.884. The number of fused-ring (bicyclic) bond motifs is 1. The zero-order valence-corrected chi connectivity index (χ0v) is 18.0. The van der Waals surface area contributed by atoms with Crippen LogP contribution < -0.4 is 4.80 Å². The minimum atomic E-state index is -4.00. The van der Waals surface area contributed by atoms with E-state index in [-0.39, 0.29) is 29.5 Å². The van der Waals surface area contributed by atoms with Gasteiger partial charge in [-0.3, -0.25) is 4.79 Å². The summed E-state index contributed by atoms with van der Waals surface area (Å²) in [4.78, 5) is 24.3. The molecule has 0 unspecified atom stereocenters. The highest BCUT2D eigenvalue weighted by atomic mass is 32.2. The molecule has 3 rings (SSSR count). The Kier molecular flexibility index (Phi) is 6.68. The Hall–Kier alpha value is -2.98. The van der Waals surface area contributed by atoms with E-state index in [4.69, 9.17) is 9.47 Å². The molecule has 1 heterocycles. The lowest BCUT2D eigenvalue weighted by Gasteiger charge is -2.06. The molecule has 0 saturated heterocycles. The van der Waals surface area contributed by atoms with Gasteiger partial charge in [-0.25, -0.2) is 4.79 Å². The Labute approximate surface area is 177 Å². The van der Waals surface area contributed by atoms with Gasteiger partial charge in [0.05, 0.1) is 33.9 Å². The molecule has 0 aliphatic carbocycles. The number of carbonyl (C=O) groups excluding carboxylic acids is 2. The van der Waals surface area contributed by atoms with Crippen molar-refractivity contribution in [3.8, 4) is 0 Å². The average molecular weight is 449 g/mol. The summed E-state index contributed by atoms with van der Waals surface area (Å²) >= 11 is 1.06. The summed E-state index contributed by atoms with van der Waals surface area (Å²) in [6.07, 6.45) is 0. The fourth-order valence-corrected chi connectivity index (χ4v) is 5.01. The minimum absolute atomic E-state index is 0.0392. The monoisotopic (exact) mass is 448 g/mol. The van der Waals surface area contributed by atoms with E-state index in [0.717, 1.165) is 11.3 Å². The fourth-order valence-electron chi connectivity index (χ4n) is 2.72. The van der Waals surface area contributed by atoms with E-state index in [0.29, 0.717) is 15.8 Å². The van der Waals surface area contributed by atoms with Gasteiger partial charge in [-0.15, -0.1) is 4.40 Å². The van der Waals surface area contributed by atoms with E-state index < -0.39 is 22.0 Å². The quantitative estimate of drug-likeness (QED) is 0.515. The molecule has 0 saturated carbocycles. The molecular weight excluding hydrogens is 428 g/mol. The number of hydrogen-bond donors (Lipinski definition) is 0. The maximum absolute atomic E-state index is 12.7. The molecule has 0 bridgehead atoms. The highest BCUT2D eigenvalue weighted by Gasteiger charge is 2.17. The van der Waals surface area contributed by atoms with Crippen molar-refractivity contribution in [3.63, 3.8) is 0 Å². The first-order valence-corrected chi connectivity index (χ1v) is 11.4. The Bertz CT molecular complexity index is 1240. The molecule has 0 spiro atoms. The van der Waals surface area contributed by atoms with Crippen molar-refractivity contribution in [2.45, 2.75) is 25.3 Å². The molecule has 0 fully saturated rings. The summed E-state index contributed by atoms with van der Waals surface area (Å²) in [6.45, 7) is 3.62. The molecule has 0 radical (unpaired) electrons. The standard InChI is InChI=1S/C20H20N2O6S2/c1-3-27-18(23)13-22-16-11-10-14(19(24)28-4-2)12-17(16)29-20(22)21-30(25,26)15-8-6-5-7-9-15/h5-12H,3-4,13H2,1-2H3/b21-20-. The molecular formula is C20H20N2O6S2. The molecule has 10 heteroatoms. The van der Waals surface area contributed by atoms with Gasteiger partial charge in [0.15, 0.2) is 0 Å². The van der Waals surface area contributed by atoms with Crippen molar-refractivity contribution < 1.29 is 27.5 Å². The van der Waals surface area contributed by atoms with Gasteiger partial charge in [-0.2, -0.15) is 8.42 Å². The Morgan fingerprint density at radius 1 is 1.03 bits per heavy atom. The number of thiazole rings is 1. The SMILES string of the molecule is CCOC(=O)Cn1/c(=N/S(=O)(=O)c2ccccc2)sc2cc(C(=O)OCC)ccc21. The molecule has 158 valence electrons. The van der Waals surface area contributed by atoms with Gasteiger partial charge in [0.1, 0.15) is 6.54 Å². The molecule has 0 amide bonds. The molecule has 30 heavy (non-hydrogen) atoms. The van der Waals surface area contributed by atoms with Gasteiger partial charge in [0.25, 0.3) is 10.0 Å². The third-order valence-electron chi connectivity index (χ3n) is 4.03. The molecule has 2 aromatic carbocycles. The lowest BCUT2D eigenvalue weighted by atomic mass is 10.2. The van der Waals surface area contributed by atoms with Crippen molar-refractivity contribution >= 4 is 43.5 Å². The second kappa shape index (κ2) is 9.23. The van der Waals surface area contributed by atoms with Crippen molar-refractivity contribution in [2.24, 2.45) is 4.40 Å². The number of carbonyl (C=O) groups is 2. The van der Waals surface area contributed by atoms with Crippen LogP contribution in [-0.2, 0) is 30.8 Å². The van der Waals surface area contributed by atoms with Crippen LogP contribution in [-0.4, -0.2) is 38.1 Å². The van der Waals surface area contributed by atoms with E-state index in [1.165, 1.54) is 16.7 Å². The molecule has 0 aliphatic heterocycles. The maximum atomic E-state index is 12.7. The Morgan fingerprint density at radius 2 is 1.73 bits per heavy atom. The Balaban J connectivity index is 2.18. The molecule has 8 nitrogen and oxygen atoms in total. The first-order valence-electron chi connectivity index (χ1n) is 9.18. The topological polar surface area (TPSA) is 104 Å². The van der Waals surface area contributed by atoms with Crippen LogP contribution in [0.5, 0.6) is 0 Å². The van der Waals surface area contributed by atoms with Gasteiger partial charge in [0.2, 0.25) is 4.80 Å². The van der Waals surface area contributed by atoms with E-state index >= 15 is 0 Å². The Morgan fingerprint density at radius 3 is 2.40 bits per heavy atom. The minimum Gasteiger partial charge on any atom is -0.465 e. The number of sulfonamides is 1. The predicted molar refractivity (Wildman–Crippen MR) is 112 cm³/mol. The lowest BCUT2D eigenvalue weighted by Crippen LogP contribution is -2.23. The third kappa shape index (κ3) is 4.77. The summed E-state index contributed by atoms with van der Waals surface area (Å²) in [6, 6.07) is 12.6. The van der Waals surface area contributed by atoms with Crippen molar-refractivity contribution in [1.82, 2.24) is 4.57 Å². The van der Waals surface area contributed by atoms with Crippen LogP contribution in [0.4, 0.5) is 0 Å². The molecule has 0 N–H and O–H groups in total. The normalized spacial score (nSPS) is 12.1. The van der Waals surface area contributed by atoms with Crippen molar-refractivity contribution in [2.75, 3.05) is 13.2 Å². The van der Waals surface area contributed by atoms with E-state index in [1.807, 2.05) is 0 Å². The smallest absolute Gasteiger partial charge is 0.338 e. The molecule has 0 aliphatic rings. The predicted octanol–water partition coefficient (Wildman–Crippen LogP) is 2.73. The van der Waals surface area contributed by atoms with Crippen LogP contribution >= 0.6 is 11.3 Å². The number of nitrogens with zero attached hydrogens (tertiary/aromatic N) is 2. The van der Waals surface area contributed by atoms with Crippen LogP contribution in [0.1, 0.15) is 24.2 Å². The summed E-state index contributed by atoms with van der Waals surface area (Å²) in [5.74, 6) is -1.01. The summed E-state index contributed by atoms with van der Waals surface area (Å²) < 4.78 is 41.5. The molecule has 3 aromatic rings. The number of ether oxygens (including phenoxy) is 2. The van der Waals surface area contributed by atoms with Gasteiger partial charge < -0.3 is 14.0 Å². The summed E-state index contributed by atoms with van der Waals surface area (Å²) in [5, 5.41) is 0. The number of esters is 2. The highest BCUT2D eigenvalue weighted by molar-refractivity contribution is 7.90. The summed E-state index contributed by atoms with van der Waals surface area (Å²) in [7, 11) is -4.00. The number of benzene rings is 2. The second-order valence-corrected chi connectivity index (χ2v) is 8.67. The van der Waals surface area contributed by atoms with Gasteiger partial charge >= 0.3 is 11.9 Å². The maximum Gasteiger partial charge on any atom is 0.338 e. The zero-order valence-electron chi connectivity index (χ0n) is 16.4. The number of aromatic nitrogens is 1. The molecule has 0 atom stereocenters. The van der Waals surface area contributed by atoms with Gasteiger partial charge in [-0.05, 0) is 44.2 Å². The average Bonchev–Trinajstić information content (AvgIpc) is 3.04. The van der Waals surface area contributed by atoms with E-state index in [9.17, 15) is 18.0 Å².